The molecule has 1 aromatic heterocycles. The van der Waals surface area contributed by atoms with Gasteiger partial charge in [0.05, 0.1) is 12.2 Å². The number of aliphatic hydroxyl groups is 2. The van der Waals surface area contributed by atoms with E-state index >= 15 is 0 Å². The van der Waals surface area contributed by atoms with Crippen molar-refractivity contribution in [2.24, 2.45) is 0 Å². The van der Waals surface area contributed by atoms with E-state index in [0.29, 0.717) is 10.1 Å². The third kappa shape index (κ3) is 5.49. The van der Waals surface area contributed by atoms with E-state index in [1.54, 1.807) is 6.92 Å². The van der Waals surface area contributed by atoms with Gasteiger partial charge in [0.1, 0.15) is 24.4 Å². The summed E-state index contributed by atoms with van der Waals surface area (Å²) in [5, 5.41) is 21.8. The summed E-state index contributed by atoms with van der Waals surface area (Å²) in [5.74, 6) is -2.23. The molecule has 1 fully saturated rings. The molecule has 0 saturated carbocycles. The van der Waals surface area contributed by atoms with Gasteiger partial charge in [-0.2, -0.15) is 13.2 Å². The zero-order valence-corrected chi connectivity index (χ0v) is 16.8. The summed E-state index contributed by atoms with van der Waals surface area (Å²) in [6.07, 6.45) is -9.32. The molecule has 13 heteroatoms. The van der Waals surface area contributed by atoms with Crippen LogP contribution >= 0.6 is 0 Å². The average Bonchev–Trinajstić information content (AvgIpc) is 2.99. The first-order valence-corrected chi connectivity index (χ1v) is 9.23. The van der Waals surface area contributed by atoms with Crippen molar-refractivity contribution >= 4 is 5.78 Å². The molecule has 1 aliphatic rings. The number of rotatable bonds is 9. The Balaban J connectivity index is 2.53. The largest absolute Gasteiger partial charge is 0.452 e. The summed E-state index contributed by atoms with van der Waals surface area (Å²) in [4.78, 5) is 38.5. The number of aromatic nitrogens is 2. The Labute approximate surface area is 174 Å². The van der Waals surface area contributed by atoms with E-state index in [-0.39, 0.29) is 13.0 Å². The quantitative estimate of drug-likeness (QED) is 0.369. The molecule has 1 unspecified atom stereocenters. The first kappa shape index (κ1) is 24.9. The summed E-state index contributed by atoms with van der Waals surface area (Å²) in [6, 6.07) is -2.10. The highest BCUT2D eigenvalue weighted by Gasteiger charge is 2.47. The molecule has 1 saturated heterocycles. The zero-order valence-electron chi connectivity index (χ0n) is 16.8. The third-order valence-corrected chi connectivity index (χ3v) is 4.79. The normalized spacial score (nSPS) is 24.9. The highest BCUT2D eigenvalue weighted by molar-refractivity contribution is 5.90. The van der Waals surface area contributed by atoms with Gasteiger partial charge in [0.15, 0.2) is 6.23 Å². The highest BCUT2D eigenvalue weighted by atomic mass is 19.4. The lowest BCUT2D eigenvalue weighted by Crippen LogP contribution is -2.44. The van der Waals surface area contributed by atoms with Gasteiger partial charge >= 0.3 is 11.9 Å². The second-order valence-electron chi connectivity index (χ2n) is 7.15. The number of H-pyrrole nitrogens is 1. The van der Waals surface area contributed by atoms with E-state index in [4.69, 9.17) is 9.47 Å². The van der Waals surface area contributed by atoms with Crippen molar-refractivity contribution in [2.45, 2.75) is 50.1 Å². The average molecular weight is 451 g/mol. The first-order valence-electron chi connectivity index (χ1n) is 9.23. The number of halogens is 3. The minimum absolute atomic E-state index is 0.0910. The molecule has 0 aromatic carbocycles. The third-order valence-electron chi connectivity index (χ3n) is 4.79. The van der Waals surface area contributed by atoms with Gasteiger partial charge in [-0.15, -0.1) is 6.58 Å². The minimum Gasteiger partial charge on any atom is -0.394 e. The molecule has 4 N–H and O–H groups in total. The molecule has 0 spiro atoms. The second kappa shape index (κ2) is 9.87. The van der Waals surface area contributed by atoms with Crippen molar-refractivity contribution in [3.63, 3.8) is 0 Å². The zero-order chi connectivity index (χ0) is 23.5. The van der Waals surface area contributed by atoms with Crippen LogP contribution in [0, 0.1) is 0 Å². The van der Waals surface area contributed by atoms with E-state index in [1.807, 2.05) is 4.98 Å². The van der Waals surface area contributed by atoms with E-state index in [9.17, 15) is 37.8 Å². The topological polar surface area (TPSA) is 143 Å². The predicted octanol–water partition coefficient (Wildman–Crippen LogP) is -0.469. The molecule has 31 heavy (non-hydrogen) atoms. The molecular weight excluding hydrogens is 427 g/mol. The van der Waals surface area contributed by atoms with Gasteiger partial charge in [-0.05, 0) is 19.9 Å². The van der Waals surface area contributed by atoms with E-state index in [2.05, 4.69) is 11.9 Å². The molecule has 10 nitrogen and oxygen atoms in total. The fraction of sp³-hybridized carbons (Fsp3) is 0.611. The molecule has 5 atom stereocenters. The summed E-state index contributed by atoms with van der Waals surface area (Å²) in [7, 11) is 1.19. The maximum Gasteiger partial charge on any atom is 0.452 e. The molecule has 0 radical (unpaired) electrons. The summed E-state index contributed by atoms with van der Waals surface area (Å²) >= 11 is 0. The Hall–Kier alpha value is -2.32. The van der Waals surface area contributed by atoms with Gasteiger partial charge in [0, 0.05) is 13.3 Å². The summed E-state index contributed by atoms with van der Waals surface area (Å²) in [5.41, 5.74) is -2.30. The van der Waals surface area contributed by atoms with Crippen LogP contribution in [0.15, 0.2) is 27.9 Å². The number of ether oxygens (including phenoxy) is 2. The van der Waals surface area contributed by atoms with E-state index in [0.717, 1.165) is 6.20 Å². The van der Waals surface area contributed by atoms with Crippen molar-refractivity contribution in [3.8, 4) is 0 Å². The monoisotopic (exact) mass is 451 g/mol. The SMILES string of the molecule is C=C(C)CCNC(C(=O)C(F)(F)F)c1cn([C@@H]2O[C@H](CO)[C@@H](O)[C@H]2OC)c(=O)[nH]c1=O. The fourth-order valence-corrected chi connectivity index (χ4v) is 3.18. The van der Waals surface area contributed by atoms with Crippen LogP contribution in [-0.4, -0.2) is 70.3 Å². The van der Waals surface area contributed by atoms with Crippen LogP contribution < -0.4 is 16.6 Å². The van der Waals surface area contributed by atoms with E-state index < -0.39 is 66.0 Å². The summed E-state index contributed by atoms with van der Waals surface area (Å²) in [6.45, 7) is 4.54. The molecule has 1 aliphatic heterocycles. The van der Waals surface area contributed by atoms with Gasteiger partial charge in [-0.1, -0.05) is 5.57 Å². The Morgan fingerprint density at radius 2 is 2.10 bits per heavy atom. The Morgan fingerprint density at radius 3 is 2.61 bits per heavy atom. The van der Waals surface area contributed by atoms with Crippen molar-refractivity contribution < 1.29 is 37.7 Å². The molecule has 2 heterocycles. The number of nitrogens with zero attached hydrogens (tertiary/aromatic N) is 1. The maximum atomic E-state index is 13.2. The number of alkyl halides is 3. The number of aliphatic hydroxyl groups excluding tert-OH is 2. The van der Waals surface area contributed by atoms with Crippen LogP contribution in [0.2, 0.25) is 0 Å². The van der Waals surface area contributed by atoms with Crippen LogP contribution in [0.1, 0.15) is 31.2 Å². The number of methoxy groups -OCH3 is 1. The number of carbonyl (C=O) groups excluding carboxylic acids is 1. The van der Waals surface area contributed by atoms with Crippen molar-refractivity contribution in [1.29, 1.82) is 0 Å². The van der Waals surface area contributed by atoms with Crippen LogP contribution in [0.4, 0.5) is 13.2 Å². The number of hydrogen-bond acceptors (Lipinski definition) is 8. The summed E-state index contributed by atoms with van der Waals surface area (Å²) < 4.78 is 50.6. The van der Waals surface area contributed by atoms with E-state index in [1.165, 1.54) is 7.11 Å². The standard InChI is InChI=1S/C18H24F3N3O7/c1-8(2)4-5-22-11(14(27)18(19,20)21)9-6-24(17(29)23-15(9)28)16-13(30-3)12(26)10(7-25)31-16/h6,10-13,16,22,25-26H,1,4-5,7H2,2-3H3,(H,23,28,29)/t10-,11?,12-,13-,16-/m1/s1. The van der Waals surface area contributed by atoms with Gasteiger partial charge in [-0.3, -0.25) is 19.1 Å². The van der Waals surface area contributed by atoms with Crippen molar-refractivity contribution in [2.75, 3.05) is 20.3 Å². The highest BCUT2D eigenvalue weighted by Crippen LogP contribution is 2.31. The number of carbonyl (C=O) groups is 1. The minimum atomic E-state index is -5.26. The molecule has 0 amide bonds. The molecular formula is C18H24F3N3O7. The number of aromatic amines is 1. The second-order valence-corrected chi connectivity index (χ2v) is 7.15. The van der Waals surface area contributed by atoms with Gasteiger partial charge in [-0.25, -0.2) is 4.79 Å². The molecule has 2 rings (SSSR count). The fourth-order valence-electron chi connectivity index (χ4n) is 3.18. The van der Waals surface area contributed by atoms with Crippen LogP contribution in [0.5, 0.6) is 0 Å². The number of ketones is 1. The lowest BCUT2D eigenvalue weighted by molar-refractivity contribution is -0.173. The van der Waals surface area contributed by atoms with Crippen molar-refractivity contribution in [3.05, 3.63) is 44.8 Å². The molecule has 0 aliphatic carbocycles. The Bertz CT molecular complexity index is 927. The molecule has 174 valence electrons. The van der Waals surface area contributed by atoms with Gasteiger partial charge in [0.25, 0.3) is 11.3 Å². The van der Waals surface area contributed by atoms with Crippen LogP contribution in [0.25, 0.3) is 0 Å². The predicted molar refractivity (Wildman–Crippen MR) is 100 cm³/mol. The van der Waals surface area contributed by atoms with Crippen LogP contribution in [0.3, 0.4) is 0 Å². The number of nitrogens with one attached hydrogen (secondary N) is 2. The molecule has 1 aromatic rings. The lowest BCUT2D eigenvalue weighted by Gasteiger charge is -2.23. The molecule has 0 bridgehead atoms. The van der Waals surface area contributed by atoms with Gasteiger partial charge < -0.3 is 25.0 Å². The smallest absolute Gasteiger partial charge is 0.394 e. The van der Waals surface area contributed by atoms with Crippen molar-refractivity contribution in [1.82, 2.24) is 14.9 Å². The van der Waals surface area contributed by atoms with Crippen LogP contribution in [-0.2, 0) is 14.3 Å². The Morgan fingerprint density at radius 1 is 1.45 bits per heavy atom. The Kier molecular flexibility index (Phi) is 7.94. The maximum absolute atomic E-state index is 13.2. The first-order chi connectivity index (χ1) is 14.4. The number of hydrogen-bond donors (Lipinski definition) is 4. The number of Topliss-reactive ketones (excluding diaryl/α,β-unsaturated/α-hetero) is 1. The lowest BCUT2D eigenvalue weighted by atomic mass is 10.0. The van der Waals surface area contributed by atoms with Gasteiger partial charge in [0.2, 0.25) is 0 Å².